The van der Waals surface area contributed by atoms with Crippen molar-refractivity contribution in [2.45, 2.75) is 19.4 Å². The first kappa shape index (κ1) is 12.7. The SMILES string of the molecule is COCC1CCCN(Cc2cnc(Cl)cn2)C1. The van der Waals surface area contributed by atoms with Crippen LogP contribution in [0.1, 0.15) is 18.5 Å². The molecule has 2 heterocycles. The van der Waals surface area contributed by atoms with Gasteiger partial charge in [0.25, 0.3) is 0 Å². The van der Waals surface area contributed by atoms with Gasteiger partial charge < -0.3 is 4.74 Å². The van der Waals surface area contributed by atoms with Crippen molar-refractivity contribution in [1.82, 2.24) is 14.9 Å². The summed E-state index contributed by atoms with van der Waals surface area (Å²) < 4.78 is 5.22. The molecule has 1 unspecified atom stereocenters. The monoisotopic (exact) mass is 255 g/mol. The maximum absolute atomic E-state index is 5.72. The molecule has 0 spiro atoms. The molecule has 5 heteroatoms. The Kier molecular flexibility index (Phi) is 4.71. The van der Waals surface area contributed by atoms with Crippen molar-refractivity contribution in [3.05, 3.63) is 23.2 Å². The van der Waals surface area contributed by atoms with E-state index in [0.717, 1.165) is 31.9 Å². The lowest BCUT2D eigenvalue weighted by Crippen LogP contribution is -2.36. The van der Waals surface area contributed by atoms with Gasteiger partial charge in [-0.1, -0.05) is 11.6 Å². The summed E-state index contributed by atoms with van der Waals surface area (Å²) in [5.74, 6) is 0.647. The number of likely N-dealkylation sites (tertiary alicyclic amines) is 1. The van der Waals surface area contributed by atoms with E-state index in [2.05, 4.69) is 14.9 Å². The number of halogens is 1. The molecule has 1 aromatic rings. The van der Waals surface area contributed by atoms with Gasteiger partial charge in [-0.3, -0.25) is 9.88 Å². The van der Waals surface area contributed by atoms with Gasteiger partial charge in [-0.2, -0.15) is 0 Å². The molecule has 1 aliphatic rings. The van der Waals surface area contributed by atoms with Crippen LogP contribution in [0.3, 0.4) is 0 Å². The third kappa shape index (κ3) is 3.91. The molecule has 1 atom stereocenters. The standard InChI is InChI=1S/C12H18ClN3O/c1-17-9-10-3-2-4-16(7-10)8-11-5-15-12(13)6-14-11/h5-6,10H,2-4,7-9H2,1H3. The Balaban J connectivity index is 1.87. The van der Waals surface area contributed by atoms with Gasteiger partial charge in [0.1, 0.15) is 5.15 Å². The Labute approximate surface area is 107 Å². The van der Waals surface area contributed by atoms with Crippen LogP contribution in [0.25, 0.3) is 0 Å². The second-order valence-corrected chi connectivity index (χ2v) is 4.92. The van der Waals surface area contributed by atoms with Crippen LogP contribution in [0.15, 0.2) is 12.4 Å². The fraction of sp³-hybridized carbons (Fsp3) is 0.667. The Morgan fingerprint density at radius 2 is 2.35 bits per heavy atom. The zero-order valence-corrected chi connectivity index (χ0v) is 10.9. The van der Waals surface area contributed by atoms with Gasteiger partial charge in [0.05, 0.1) is 24.7 Å². The van der Waals surface area contributed by atoms with Crippen LogP contribution in [-0.2, 0) is 11.3 Å². The highest BCUT2D eigenvalue weighted by Crippen LogP contribution is 2.18. The van der Waals surface area contributed by atoms with E-state index in [1.807, 2.05) is 0 Å². The van der Waals surface area contributed by atoms with Crippen LogP contribution in [0.5, 0.6) is 0 Å². The lowest BCUT2D eigenvalue weighted by Gasteiger charge is -2.31. The number of ether oxygens (including phenoxy) is 1. The molecule has 0 aliphatic carbocycles. The average molecular weight is 256 g/mol. The van der Waals surface area contributed by atoms with Gasteiger partial charge in [0.15, 0.2) is 0 Å². The highest BCUT2D eigenvalue weighted by molar-refractivity contribution is 6.29. The molecule has 1 fully saturated rings. The van der Waals surface area contributed by atoms with Gasteiger partial charge >= 0.3 is 0 Å². The quantitative estimate of drug-likeness (QED) is 0.825. The van der Waals surface area contributed by atoms with E-state index in [1.165, 1.54) is 12.8 Å². The largest absolute Gasteiger partial charge is 0.384 e. The summed E-state index contributed by atoms with van der Waals surface area (Å²) in [5.41, 5.74) is 0.979. The minimum atomic E-state index is 0.449. The highest BCUT2D eigenvalue weighted by Gasteiger charge is 2.20. The molecule has 1 saturated heterocycles. The minimum absolute atomic E-state index is 0.449. The predicted octanol–water partition coefficient (Wildman–Crippen LogP) is 1.99. The van der Waals surface area contributed by atoms with E-state index in [-0.39, 0.29) is 0 Å². The highest BCUT2D eigenvalue weighted by atomic mass is 35.5. The fourth-order valence-corrected chi connectivity index (χ4v) is 2.41. The molecule has 0 amide bonds. The molecule has 0 radical (unpaired) electrons. The summed E-state index contributed by atoms with van der Waals surface area (Å²) >= 11 is 5.72. The molecule has 4 nitrogen and oxygen atoms in total. The molecule has 0 saturated carbocycles. The first-order valence-electron chi connectivity index (χ1n) is 5.95. The first-order chi connectivity index (χ1) is 8.28. The second-order valence-electron chi connectivity index (χ2n) is 4.53. The third-order valence-corrected chi connectivity index (χ3v) is 3.26. The van der Waals surface area contributed by atoms with Crippen LogP contribution in [0, 0.1) is 5.92 Å². The zero-order valence-electron chi connectivity index (χ0n) is 10.1. The molecule has 0 N–H and O–H groups in total. The summed E-state index contributed by atoms with van der Waals surface area (Å²) in [5, 5.41) is 0.449. The number of methoxy groups -OCH3 is 1. The lowest BCUT2D eigenvalue weighted by atomic mass is 9.99. The van der Waals surface area contributed by atoms with Crippen LogP contribution in [-0.4, -0.2) is 41.7 Å². The number of aromatic nitrogens is 2. The molecular formula is C12H18ClN3O. The van der Waals surface area contributed by atoms with Crippen LogP contribution < -0.4 is 0 Å². The number of hydrogen-bond donors (Lipinski definition) is 0. The van der Waals surface area contributed by atoms with Crippen LogP contribution in [0.4, 0.5) is 0 Å². The molecular weight excluding hydrogens is 238 g/mol. The molecule has 94 valence electrons. The van der Waals surface area contributed by atoms with E-state index in [1.54, 1.807) is 19.5 Å². The van der Waals surface area contributed by atoms with E-state index in [9.17, 15) is 0 Å². The fourth-order valence-electron chi connectivity index (χ4n) is 2.32. The van der Waals surface area contributed by atoms with Crippen molar-refractivity contribution in [2.75, 3.05) is 26.8 Å². The third-order valence-electron chi connectivity index (χ3n) is 3.06. The smallest absolute Gasteiger partial charge is 0.147 e. The zero-order chi connectivity index (χ0) is 12.1. The Morgan fingerprint density at radius 3 is 3.06 bits per heavy atom. The maximum Gasteiger partial charge on any atom is 0.147 e. The minimum Gasteiger partial charge on any atom is -0.384 e. The number of hydrogen-bond acceptors (Lipinski definition) is 4. The first-order valence-corrected chi connectivity index (χ1v) is 6.33. The Morgan fingerprint density at radius 1 is 1.47 bits per heavy atom. The predicted molar refractivity (Wildman–Crippen MR) is 66.9 cm³/mol. The number of rotatable bonds is 4. The molecule has 17 heavy (non-hydrogen) atoms. The summed E-state index contributed by atoms with van der Waals surface area (Å²) in [6.45, 7) is 3.91. The van der Waals surface area contributed by atoms with Gasteiger partial charge in [0, 0.05) is 20.2 Å². The van der Waals surface area contributed by atoms with Crippen LogP contribution in [0.2, 0.25) is 5.15 Å². The number of nitrogens with zero attached hydrogens (tertiary/aromatic N) is 3. The van der Waals surface area contributed by atoms with Gasteiger partial charge in [-0.05, 0) is 25.3 Å². The summed E-state index contributed by atoms with van der Waals surface area (Å²) in [6, 6.07) is 0. The van der Waals surface area contributed by atoms with Crippen molar-refractivity contribution in [1.29, 1.82) is 0 Å². The number of piperidine rings is 1. The summed E-state index contributed by atoms with van der Waals surface area (Å²) in [7, 11) is 1.77. The average Bonchev–Trinajstić information content (AvgIpc) is 2.33. The van der Waals surface area contributed by atoms with Gasteiger partial charge in [0.2, 0.25) is 0 Å². The maximum atomic E-state index is 5.72. The van der Waals surface area contributed by atoms with E-state index in [0.29, 0.717) is 11.1 Å². The topological polar surface area (TPSA) is 38.2 Å². The molecule has 0 bridgehead atoms. The van der Waals surface area contributed by atoms with Crippen molar-refractivity contribution >= 4 is 11.6 Å². The van der Waals surface area contributed by atoms with E-state index < -0.39 is 0 Å². The lowest BCUT2D eigenvalue weighted by molar-refractivity contribution is 0.0867. The Hall–Kier alpha value is -0.710. The second kappa shape index (κ2) is 6.28. The van der Waals surface area contributed by atoms with Crippen molar-refractivity contribution < 1.29 is 4.74 Å². The Bertz CT molecular complexity index is 342. The van der Waals surface area contributed by atoms with Gasteiger partial charge in [-0.25, -0.2) is 4.98 Å². The van der Waals surface area contributed by atoms with Crippen molar-refractivity contribution in [2.24, 2.45) is 5.92 Å². The molecule has 0 aromatic carbocycles. The van der Waals surface area contributed by atoms with Gasteiger partial charge in [-0.15, -0.1) is 0 Å². The van der Waals surface area contributed by atoms with E-state index in [4.69, 9.17) is 16.3 Å². The van der Waals surface area contributed by atoms with Crippen LogP contribution >= 0.6 is 11.6 Å². The van der Waals surface area contributed by atoms with Crippen molar-refractivity contribution in [3.63, 3.8) is 0 Å². The molecule has 2 rings (SSSR count). The normalized spacial score (nSPS) is 21.6. The molecule has 1 aliphatic heterocycles. The molecule has 1 aromatic heterocycles. The van der Waals surface area contributed by atoms with E-state index >= 15 is 0 Å². The summed E-state index contributed by atoms with van der Waals surface area (Å²) in [6.07, 6.45) is 5.85. The summed E-state index contributed by atoms with van der Waals surface area (Å²) in [4.78, 5) is 10.7. The van der Waals surface area contributed by atoms with Crippen molar-refractivity contribution in [3.8, 4) is 0 Å².